The number of amides is 2. The number of rotatable bonds is 4. The lowest BCUT2D eigenvalue weighted by atomic mass is 10.1. The second-order valence-electron chi connectivity index (χ2n) is 4.91. The number of anilines is 1. The summed E-state index contributed by atoms with van der Waals surface area (Å²) in [6.45, 7) is 7.88. The Balaban J connectivity index is 2.31. The first kappa shape index (κ1) is 15.1. The van der Waals surface area contributed by atoms with Crippen LogP contribution in [0.5, 0.6) is 0 Å². The molecular formula is C16H20N2O3. The summed E-state index contributed by atoms with van der Waals surface area (Å²) in [6, 6.07) is 7.90. The molecule has 0 aromatic heterocycles. The summed E-state index contributed by atoms with van der Waals surface area (Å²) in [6.07, 6.45) is -0.630. The molecule has 2 rings (SSSR count). The number of cyclic esters (lactones) is 1. The van der Waals surface area contributed by atoms with Gasteiger partial charge in [-0.05, 0) is 38.5 Å². The molecular weight excluding hydrogens is 268 g/mol. The molecule has 1 aliphatic heterocycles. The minimum atomic E-state index is -0.630. The number of carbonyl (C=O) groups excluding carboxylic acids is 2. The van der Waals surface area contributed by atoms with E-state index in [1.165, 1.54) is 7.05 Å². The third-order valence-corrected chi connectivity index (χ3v) is 3.73. The number of imide groups is 1. The molecule has 5 nitrogen and oxygen atoms in total. The van der Waals surface area contributed by atoms with Crippen LogP contribution in [0.2, 0.25) is 0 Å². The maximum absolute atomic E-state index is 11.9. The Morgan fingerprint density at radius 3 is 2.14 bits per heavy atom. The lowest BCUT2D eigenvalue weighted by molar-refractivity contribution is -0.122. The van der Waals surface area contributed by atoms with Crippen molar-refractivity contribution >= 4 is 23.3 Å². The topological polar surface area (TPSA) is 49.9 Å². The summed E-state index contributed by atoms with van der Waals surface area (Å²) < 4.78 is 5.03. The van der Waals surface area contributed by atoms with E-state index in [1.807, 2.05) is 24.3 Å². The second-order valence-corrected chi connectivity index (χ2v) is 4.91. The third-order valence-electron chi connectivity index (χ3n) is 3.73. The van der Waals surface area contributed by atoms with Crippen LogP contribution < -0.4 is 4.90 Å². The van der Waals surface area contributed by atoms with Crippen molar-refractivity contribution in [2.24, 2.45) is 0 Å². The molecule has 0 unspecified atom stereocenters. The van der Waals surface area contributed by atoms with Gasteiger partial charge < -0.3 is 9.64 Å². The summed E-state index contributed by atoms with van der Waals surface area (Å²) in [5.41, 5.74) is 2.68. The Morgan fingerprint density at radius 2 is 1.71 bits per heavy atom. The molecule has 1 heterocycles. The van der Waals surface area contributed by atoms with Crippen molar-refractivity contribution in [3.05, 3.63) is 35.6 Å². The van der Waals surface area contributed by atoms with Gasteiger partial charge in [0.05, 0.1) is 0 Å². The molecule has 0 atom stereocenters. The van der Waals surface area contributed by atoms with Crippen LogP contribution in [-0.4, -0.2) is 37.0 Å². The molecule has 1 aliphatic rings. The Bertz CT molecular complexity index is 586. The average molecular weight is 288 g/mol. The Hall–Kier alpha value is -2.30. The molecule has 5 heteroatoms. The van der Waals surface area contributed by atoms with Crippen LogP contribution in [0.25, 0.3) is 5.57 Å². The summed E-state index contributed by atoms with van der Waals surface area (Å²) in [4.78, 5) is 26.5. The summed E-state index contributed by atoms with van der Waals surface area (Å²) >= 11 is 0. The fourth-order valence-corrected chi connectivity index (χ4v) is 2.31. The first-order valence-electron chi connectivity index (χ1n) is 7.05. The van der Waals surface area contributed by atoms with E-state index >= 15 is 0 Å². The number of carbonyl (C=O) groups is 2. The summed E-state index contributed by atoms with van der Waals surface area (Å²) in [5.74, 6) is -0.289. The fourth-order valence-electron chi connectivity index (χ4n) is 2.31. The number of hydrogen-bond donors (Lipinski definition) is 0. The summed E-state index contributed by atoms with van der Waals surface area (Å²) in [5, 5.41) is 0. The monoisotopic (exact) mass is 288 g/mol. The molecule has 0 spiro atoms. The fraction of sp³-hybridized carbons (Fsp3) is 0.375. The van der Waals surface area contributed by atoms with Gasteiger partial charge in [-0.1, -0.05) is 12.1 Å². The van der Waals surface area contributed by atoms with Crippen LogP contribution in [0.4, 0.5) is 10.5 Å². The molecule has 1 aromatic carbocycles. The van der Waals surface area contributed by atoms with Crippen LogP contribution in [0.15, 0.2) is 30.0 Å². The van der Waals surface area contributed by atoms with Crippen LogP contribution >= 0.6 is 0 Å². The molecule has 1 saturated heterocycles. The molecule has 2 amide bonds. The minimum Gasteiger partial charge on any atom is -0.404 e. The number of hydrogen-bond acceptors (Lipinski definition) is 4. The van der Waals surface area contributed by atoms with Crippen molar-refractivity contribution in [1.29, 1.82) is 0 Å². The van der Waals surface area contributed by atoms with Crippen molar-refractivity contribution in [1.82, 2.24) is 4.90 Å². The van der Waals surface area contributed by atoms with E-state index in [2.05, 4.69) is 18.7 Å². The van der Waals surface area contributed by atoms with Crippen LogP contribution in [0.1, 0.15) is 26.3 Å². The highest BCUT2D eigenvalue weighted by molar-refractivity contribution is 6.11. The van der Waals surface area contributed by atoms with Gasteiger partial charge in [0.25, 0.3) is 5.91 Å². The molecule has 1 aromatic rings. The Morgan fingerprint density at radius 1 is 1.14 bits per heavy atom. The molecule has 112 valence electrons. The van der Waals surface area contributed by atoms with Crippen molar-refractivity contribution in [2.75, 3.05) is 25.0 Å². The van der Waals surface area contributed by atoms with E-state index in [9.17, 15) is 9.59 Å². The molecule has 1 fully saturated rings. The van der Waals surface area contributed by atoms with E-state index < -0.39 is 12.0 Å². The number of likely N-dealkylation sites (N-methyl/N-ethyl adjacent to an activating group) is 1. The zero-order chi connectivity index (χ0) is 15.6. The van der Waals surface area contributed by atoms with Gasteiger partial charge >= 0.3 is 6.09 Å². The predicted octanol–water partition coefficient (Wildman–Crippen LogP) is 2.87. The first-order valence-corrected chi connectivity index (χ1v) is 7.05. The van der Waals surface area contributed by atoms with E-state index in [1.54, 1.807) is 6.92 Å². The van der Waals surface area contributed by atoms with Gasteiger partial charge in [0.2, 0.25) is 5.76 Å². The quantitative estimate of drug-likeness (QED) is 0.799. The standard InChI is InChI=1S/C16H20N2O3/c1-5-18(6-2)13-9-7-12(8-10-13)11(3)14-15(19)17(4)16(20)21-14/h7-10H,5-6H2,1-4H3/b14-11+. The predicted molar refractivity (Wildman–Crippen MR) is 81.8 cm³/mol. The SMILES string of the molecule is CCN(CC)c1ccc(/C(C)=C2/OC(=O)N(C)C2=O)cc1. The van der Waals surface area contributed by atoms with Gasteiger partial charge in [0.15, 0.2) is 0 Å². The lowest BCUT2D eigenvalue weighted by Crippen LogP contribution is -2.23. The van der Waals surface area contributed by atoms with Crippen LogP contribution in [0.3, 0.4) is 0 Å². The molecule has 0 saturated carbocycles. The van der Waals surface area contributed by atoms with Crippen molar-refractivity contribution in [2.45, 2.75) is 20.8 Å². The van der Waals surface area contributed by atoms with Gasteiger partial charge in [0, 0.05) is 31.4 Å². The smallest absolute Gasteiger partial charge is 0.404 e. The van der Waals surface area contributed by atoms with Crippen molar-refractivity contribution in [3.63, 3.8) is 0 Å². The Labute approximate surface area is 124 Å². The normalized spacial score (nSPS) is 17.0. The van der Waals surface area contributed by atoms with Crippen LogP contribution in [-0.2, 0) is 9.53 Å². The van der Waals surface area contributed by atoms with Gasteiger partial charge in [-0.15, -0.1) is 0 Å². The van der Waals surface area contributed by atoms with Crippen molar-refractivity contribution < 1.29 is 14.3 Å². The summed E-state index contributed by atoms with van der Waals surface area (Å²) in [7, 11) is 1.41. The zero-order valence-electron chi connectivity index (χ0n) is 12.8. The van der Waals surface area contributed by atoms with Gasteiger partial charge in [-0.3, -0.25) is 4.79 Å². The van der Waals surface area contributed by atoms with Gasteiger partial charge in [-0.25, -0.2) is 9.69 Å². The highest BCUT2D eigenvalue weighted by Crippen LogP contribution is 2.26. The van der Waals surface area contributed by atoms with E-state index in [0.717, 1.165) is 29.2 Å². The van der Waals surface area contributed by atoms with E-state index in [-0.39, 0.29) is 5.76 Å². The maximum atomic E-state index is 11.9. The molecule has 0 radical (unpaired) electrons. The highest BCUT2D eigenvalue weighted by Gasteiger charge is 2.35. The average Bonchev–Trinajstić information content (AvgIpc) is 2.76. The largest absolute Gasteiger partial charge is 0.422 e. The molecule has 0 aliphatic carbocycles. The van der Waals surface area contributed by atoms with Crippen molar-refractivity contribution in [3.8, 4) is 0 Å². The van der Waals surface area contributed by atoms with Gasteiger partial charge in [-0.2, -0.15) is 0 Å². The van der Waals surface area contributed by atoms with Gasteiger partial charge in [0.1, 0.15) is 0 Å². The Kier molecular flexibility index (Phi) is 4.31. The highest BCUT2D eigenvalue weighted by atomic mass is 16.6. The number of allylic oxidation sites excluding steroid dienone is 1. The second kappa shape index (κ2) is 5.99. The zero-order valence-corrected chi connectivity index (χ0v) is 12.8. The number of benzene rings is 1. The van der Waals surface area contributed by atoms with Crippen LogP contribution in [0, 0.1) is 0 Å². The molecule has 21 heavy (non-hydrogen) atoms. The molecule has 0 N–H and O–H groups in total. The maximum Gasteiger partial charge on any atom is 0.422 e. The number of nitrogens with zero attached hydrogens (tertiary/aromatic N) is 2. The number of ether oxygens (including phenoxy) is 1. The minimum absolute atomic E-state index is 0.109. The van der Waals surface area contributed by atoms with E-state index in [0.29, 0.717) is 5.57 Å². The first-order chi connectivity index (χ1) is 9.99. The third kappa shape index (κ3) is 2.77. The molecule has 0 bridgehead atoms. The lowest BCUT2D eigenvalue weighted by Gasteiger charge is -2.21. The van der Waals surface area contributed by atoms with E-state index in [4.69, 9.17) is 4.74 Å².